The quantitative estimate of drug-likeness (QED) is 0.395. The van der Waals surface area contributed by atoms with Crippen LogP contribution in [0.5, 0.6) is 11.5 Å². The third-order valence-corrected chi connectivity index (χ3v) is 6.17. The molecule has 3 aromatic heterocycles. The van der Waals surface area contributed by atoms with Crippen LogP contribution in [-0.2, 0) is 4.74 Å². The Hall–Kier alpha value is -3.01. The van der Waals surface area contributed by atoms with E-state index in [-0.39, 0.29) is 5.92 Å². The van der Waals surface area contributed by atoms with Gasteiger partial charge in [0.25, 0.3) is 0 Å². The van der Waals surface area contributed by atoms with Gasteiger partial charge >= 0.3 is 0 Å². The van der Waals surface area contributed by atoms with Crippen molar-refractivity contribution < 1.29 is 9.47 Å². The highest BCUT2D eigenvalue weighted by Gasteiger charge is 2.22. The average Bonchev–Trinajstić information content (AvgIpc) is 3.49. The molecular formula is C22H19N5O2S2. The Balaban J connectivity index is 1.41. The van der Waals surface area contributed by atoms with E-state index in [2.05, 4.69) is 24.6 Å². The van der Waals surface area contributed by atoms with Crippen molar-refractivity contribution in [2.45, 2.75) is 22.3 Å². The summed E-state index contributed by atoms with van der Waals surface area (Å²) in [6.45, 7) is 1.44. The van der Waals surface area contributed by atoms with Crippen molar-refractivity contribution in [2.75, 3.05) is 18.5 Å². The molecule has 1 aliphatic rings. The van der Waals surface area contributed by atoms with Crippen LogP contribution in [0.3, 0.4) is 0 Å². The SMILES string of the molecule is c1ccc(Oc2cc(Sc3ccccn3)cnc2Nc2nc(C3CCOC3)ns2)cc1. The smallest absolute Gasteiger partial charge is 0.208 e. The molecule has 1 aromatic carbocycles. The Morgan fingerprint density at radius 1 is 1.10 bits per heavy atom. The first-order valence-electron chi connectivity index (χ1n) is 9.84. The molecule has 5 rings (SSSR count). The molecule has 7 nitrogen and oxygen atoms in total. The van der Waals surface area contributed by atoms with Crippen LogP contribution in [0, 0.1) is 0 Å². The number of nitrogens with one attached hydrogen (secondary N) is 1. The molecular weight excluding hydrogens is 430 g/mol. The maximum atomic E-state index is 6.14. The lowest BCUT2D eigenvalue weighted by Gasteiger charge is -2.12. The predicted molar refractivity (Wildman–Crippen MR) is 120 cm³/mol. The molecule has 1 atom stereocenters. The van der Waals surface area contributed by atoms with E-state index in [0.717, 1.165) is 34.5 Å². The van der Waals surface area contributed by atoms with Gasteiger partial charge in [0.05, 0.1) is 6.61 Å². The number of hydrogen-bond donors (Lipinski definition) is 1. The van der Waals surface area contributed by atoms with E-state index in [1.54, 1.807) is 12.4 Å². The second kappa shape index (κ2) is 9.42. The van der Waals surface area contributed by atoms with Gasteiger partial charge in [0.2, 0.25) is 5.13 Å². The fourth-order valence-corrected chi connectivity index (χ4v) is 4.51. The number of nitrogens with zero attached hydrogens (tertiary/aromatic N) is 4. The number of aromatic nitrogens is 4. The first-order chi connectivity index (χ1) is 15.3. The zero-order valence-electron chi connectivity index (χ0n) is 16.5. The standard InChI is InChI=1S/C22H19N5O2S2/c1-2-6-16(7-3-1)29-18-12-17(30-19-8-4-5-10-23-19)13-24-21(18)26-22-25-20(27-31-22)15-9-11-28-14-15/h1-8,10,12-13,15H,9,11,14H2,(H,24,25,26,27). The number of hydrogen-bond acceptors (Lipinski definition) is 9. The zero-order chi connectivity index (χ0) is 20.9. The van der Waals surface area contributed by atoms with E-state index >= 15 is 0 Å². The molecule has 0 amide bonds. The predicted octanol–water partition coefficient (Wildman–Crippen LogP) is 5.52. The van der Waals surface area contributed by atoms with Gasteiger partial charge < -0.3 is 14.8 Å². The number of ether oxygens (including phenoxy) is 2. The van der Waals surface area contributed by atoms with E-state index in [0.29, 0.717) is 23.3 Å². The van der Waals surface area contributed by atoms with Crippen LogP contribution in [0.25, 0.3) is 0 Å². The largest absolute Gasteiger partial charge is 0.453 e. The van der Waals surface area contributed by atoms with Crippen LogP contribution in [0.15, 0.2) is 76.9 Å². The van der Waals surface area contributed by atoms with Crippen LogP contribution >= 0.6 is 23.3 Å². The summed E-state index contributed by atoms with van der Waals surface area (Å²) in [5.41, 5.74) is 0. The fourth-order valence-electron chi connectivity index (χ4n) is 3.09. The molecule has 1 unspecified atom stereocenters. The van der Waals surface area contributed by atoms with E-state index in [4.69, 9.17) is 9.47 Å². The van der Waals surface area contributed by atoms with Gasteiger partial charge in [0.1, 0.15) is 16.6 Å². The number of rotatable bonds is 7. The monoisotopic (exact) mass is 449 g/mol. The van der Waals surface area contributed by atoms with Gasteiger partial charge in [-0.05, 0) is 30.7 Å². The summed E-state index contributed by atoms with van der Waals surface area (Å²) in [6, 6.07) is 17.4. The van der Waals surface area contributed by atoms with Gasteiger partial charge in [0, 0.05) is 47.4 Å². The first kappa shape index (κ1) is 19.9. The van der Waals surface area contributed by atoms with E-state index in [9.17, 15) is 0 Å². The molecule has 0 saturated carbocycles. The van der Waals surface area contributed by atoms with E-state index in [1.807, 2.05) is 54.6 Å². The minimum absolute atomic E-state index is 0.261. The Kier molecular flexibility index (Phi) is 6.06. The summed E-state index contributed by atoms with van der Waals surface area (Å²) < 4.78 is 16.1. The van der Waals surface area contributed by atoms with Gasteiger partial charge in [-0.15, -0.1) is 0 Å². The Labute approximate surface area is 188 Å². The summed E-state index contributed by atoms with van der Waals surface area (Å²) in [6.07, 6.45) is 4.53. The highest BCUT2D eigenvalue weighted by atomic mass is 32.2. The molecule has 156 valence electrons. The lowest BCUT2D eigenvalue weighted by Crippen LogP contribution is -2.01. The fraction of sp³-hybridized carbons (Fsp3) is 0.182. The number of pyridine rings is 2. The second-order valence-corrected chi connectivity index (χ2v) is 8.69. The zero-order valence-corrected chi connectivity index (χ0v) is 18.1. The van der Waals surface area contributed by atoms with E-state index in [1.165, 1.54) is 23.3 Å². The van der Waals surface area contributed by atoms with Gasteiger partial charge in [-0.3, -0.25) is 0 Å². The minimum atomic E-state index is 0.261. The molecule has 1 N–H and O–H groups in total. The maximum absolute atomic E-state index is 6.14. The molecule has 1 saturated heterocycles. The van der Waals surface area contributed by atoms with Crippen LogP contribution < -0.4 is 10.1 Å². The van der Waals surface area contributed by atoms with Crippen molar-refractivity contribution in [3.8, 4) is 11.5 Å². The average molecular weight is 450 g/mol. The Bertz CT molecular complexity index is 1140. The molecule has 4 aromatic rings. The third kappa shape index (κ3) is 5.01. The molecule has 1 aliphatic heterocycles. The molecule has 1 fully saturated rings. The highest BCUT2D eigenvalue weighted by molar-refractivity contribution is 7.99. The lowest BCUT2D eigenvalue weighted by atomic mass is 10.1. The second-order valence-electron chi connectivity index (χ2n) is 6.85. The molecule has 4 heterocycles. The summed E-state index contributed by atoms with van der Waals surface area (Å²) in [4.78, 5) is 14.5. The molecule has 0 radical (unpaired) electrons. The number of anilines is 2. The van der Waals surface area contributed by atoms with Crippen molar-refractivity contribution in [3.05, 3.63) is 72.8 Å². The van der Waals surface area contributed by atoms with Gasteiger partial charge in [-0.25, -0.2) is 15.0 Å². The maximum Gasteiger partial charge on any atom is 0.208 e. The summed E-state index contributed by atoms with van der Waals surface area (Å²) in [7, 11) is 0. The van der Waals surface area contributed by atoms with Crippen molar-refractivity contribution in [1.82, 2.24) is 19.3 Å². The number of benzene rings is 1. The third-order valence-electron chi connectivity index (χ3n) is 4.62. The lowest BCUT2D eigenvalue weighted by molar-refractivity contribution is 0.193. The normalized spacial score (nSPS) is 15.7. The van der Waals surface area contributed by atoms with Gasteiger partial charge in [-0.2, -0.15) is 4.37 Å². The Morgan fingerprint density at radius 3 is 2.81 bits per heavy atom. The van der Waals surface area contributed by atoms with Crippen molar-refractivity contribution >= 4 is 34.2 Å². The molecule has 0 spiro atoms. The molecule has 9 heteroatoms. The topological polar surface area (TPSA) is 82.1 Å². The summed E-state index contributed by atoms with van der Waals surface area (Å²) >= 11 is 2.84. The van der Waals surface area contributed by atoms with Gasteiger partial charge in [-0.1, -0.05) is 36.0 Å². The van der Waals surface area contributed by atoms with Gasteiger partial charge in [0.15, 0.2) is 11.6 Å². The molecule has 31 heavy (non-hydrogen) atoms. The van der Waals surface area contributed by atoms with Crippen LogP contribution in [0.2, 0.25) is 0 Å². The first-order valence-corrected chi connectivity index (χ1v) is 11.4. The Morgan fingerprint density at radius 2 is 2.00 bits per heavy atom. The minimum Gasteiger partial charge on any atom is -0.453 e. The molecule has 0 bridgehead atoms. The highest BCUT2D eigenvalue weighted by Crippen LogP contribution is 2.36. The van der Waals surface area contributed by atoms with Crippen molar-refractivity contribution in [3.63, 3.8) is 0 Å². The van der Waals surface area contributed by atoms with Crippen molar-refractivity contribution in [1.29, 1.82) is 0 Å². The van der Waals surface area contributed by atoms with Crippen LogP contribution in [-0.4, -0.2) is 32.5 Å². The van der Waals surface area contributed by atoms with Crippen molar-refractivity contribution in [2.24, 2.45) is 0 Å². The number of para-hydroxylation sites is 1. The summed E-state index contributed by atoms with van der Waals surface area (Å²) in [5.74, 6) is 3.00. The van der Waals surface area contributed by atoms with E-state index < -0.39 is 0 Å². The molecule has 0 aliphatic carbocycles. The summed E-state index contributed by atoms with van der Waals surface area (Å²) in [5, 5.41) is 4.84. The van der Waals surface area contributed by atoms with Crippen LogP contribution in [0.1, 0.15) is 18.2 Å². The van der Waals surface area contributed by atoms with Crippen LogP contribution in [0.4, 0.5) is 10.9 Å².